The Hall–Kier alpha value is -2.37. The standard InChI is InChI=1S/C18H21F2N5O3S/c19-15-2-1-14(13-16(15)20)29(26,27)25-7-5-23(6-8-25)17-3-4-18(22-21-17)24-9-11-28-12-10-24/h1-4,13H,5-12H2. The summed E-state index contributed by atoms with van der Waals surface area (Å²) in [6, 6.07) is 6.39. The molecule has 2 saturated heterocycles. The minimum absolute atomic E-state index is 0.216. The van der Waals surface area contributed by atoms with E-state index in [1.54, 1.807) is 0 Å². The van der Waals surface area contributed by atoms with E-state index in [9.17, 15) is 17.2 Å². The maximum absolute atomic E-state index is 13.4. The summed E-state index contributed by atoms with van der Waals surface area (Å²) in [6.45, 7) is 4.16. The molecule has 0 aliphatic carbocycles. The molecule has 4 rings (SSSR count). The minimum atomic E-state index is -3.88. The summed E-state index contributed by atoms with van der Waals surface area (Å²) in [5.74, 6) is -0.795. The van der Waals surface area contributed by atoms with Crippen LogP contribution in [-0.2, 0) is 14.8 Å². The number of halogens is 2. The summed E-state index contributed by atoms with van der Waals surface area (Å²) in [6.07, 6.45) is 0. The van der Waals surface area contributed by atoms with E-state index in [4.69, 9.17) is 4.74 Å². The van der Waals surface area contributed by atoms with Gasteiger partial charge in [0.2, 0.25) is 10.0 Å². The van der Waals surface area contributed by atoms with Crippen molar-refractivity contribution in [1.29, 1.82) is 0 Å². The molecule has 0 radical (unpaired) electrons. The van der Waals surface area contributed by atoms with E-state index in [0.717, 1.165) is 31.0 Å². The molecule has 11 heteroatoms. The van der Waals surface area contributed by atoms with Gasteiger partial charge >= 0.3 is 0 Å². The van der Waals surface area contributed by atoms with Crippen LogP contribution in [0.15, 0.2) is 35.2 Å². The van der Waals surface area contributed by atoms with Crippen LogP contribution in [0.4, 0.5) is 20.4 Å². The fourth-order valence-electron chi connectivity index (χ4n) is 3.39. The Kier molecular flexibility index (Phi) is 5.61. The Morgan fingerprint density at radius 1 is 0.793 bits per heavy atom. The monoisotopic (exact) mass is 425 g/mol. The van der Waals surface area contributed by atoms with Crippen molar-refractivity contribution in [3.8, 4) is 0 Å². The summed E-state index contributed by atoms with van der Waals surface area (Å²) in [4.78, 5) is 3.81. The van der Waals surface area contributed by atoms with Crippen LogP contribution in [0, 0.1) is 11.6 Å². The van der Waals surface area contributed by atoms with Gasteiger partial charge in [-0.15, -0.1) is 10.2 Å². The molecule has 3 heterocycles. The molecule has 0 saturated carbocycles. The largest absolute Gasteiger partial charge is 0.378 e. The van der Waals surface area contributed by atoms with Crippen molar-refractivity contribution < 1.29 is 21.9 Å². The second-order valence-corrected chi connectivity index (χ2v) is 8.75. The third kappa shape index (κ3) is 4.16. The maximum Gasteiger partial charge on any atom is 0.243 e. The number of morpholine rings is 1. The number of hydrogen-bond acceptors (Lipinski definition) is 7. The van der Waals surface area contributed by atoms with Crippen molar-refractivity contribution in [1.82, 2.24) is 14.5 Å². The number of rotatable bonds is 4. The molecule has 0 atom stereocenters. The first-order chi connectivity index (χ1) is 13.9. The highest BCUT2D eigenvalue weighted by Gasteiger charge is 2.29. The summed E-state index contributed by atoms with van der Waals surface area (Å²) in [5, 5.41) is 8.56. The van der Waals surface area contributed by atoms with Gasteiger partial charge in [-0.25, -0.2) is 17.2 Å². The second kappa shape index (κ2) is 8.17. The molecule has 29 heavy (non-hydrogen) atoms. The Morgan fingerprint density at radius 3 is 1.93 bits per heavy atom. The third-order valence-electron chi connectivity index (χ3n) is 5.06. The number of ether oxygens (including phenoxy) is 1. The molecule has 2 aromatic rings. The van der Waals surface area contributed by atoms with Crippen LogP contribution < -0.4 is 9.80 Å². The summed E-state index contributed by atoms with van der Waals surface area (Å²) in [7, 11) is -3.88. The van der Waals surface area contributed by atoms with Gasteiger partial charge in [0.05, 0.1) is 18.1 Å². The lowest BCUT2D eigenvalue weighted by molar-refractivity contribution is 0.122. The van der Waals surface area contributed by atoms with Crippen LogP contribution in [0.2, 0.25) is 0 Å². The predicted octanol–water partition coefficient (Wildman–Crippen LogP) is 1.10. The zero-order valence-corrected chi connectivity index (χ0v) is 16.5. The van der Waals surface area contributed by atoms with Crippen molar-refractivity contribution in [2.45, 2.75) is 4.90 Å². The second-order valence-electron chi connectivity index (χ2n) is 6.82. The number of anilines is 2. The fourth-order valence-corrected chi connectivity index (χ4v) is 4.83. The number of benzene rings is 1. The first kappa shape index (κ1) is 19.9. The summed E-state index contributed by atoms with van der Waals surface area (Å²) in [5.41, 5.74) is 0. The van der Waals surface area contributed by atoms with Crippen LogP contribution in [0.3, 0.4) is 0 Å². The third-order valence-corrected chi connectivity index (χ3v) is 6.96. The van der Waals surface area contributed by atoms with Crippen molar-refractivity contribution >= 4 is 21.7 Å². The van der Waals surface area contributed by atoms with Gasteiger partial charge in [0, 0.05) is 39.3 Å². The van der Waals surface area contributed by atoms with Gasteiger partial charge in [0.15, 0.2) is 23.3 Å². The number of aromatic nitrogens is 2. The van der Waals surface area contributed by atoms with Crippen molar-refractivity contribution in [2.24, 2.45) is 0 Å². The SMILES string of the molecule is O=S(=O)(c1ccc(F)c(F)c1)N1CCN(c2ccc(N3CCOCC3)nn2)CC1. The fraction of sp³-hybridized carbons (Fsp3) is 0.444. The molecular weight excluding hydrogens is 404 g/mol. The van der Waals surface area contributed by atoms with Gasteiger partial charge in [0.1, 0.15) is 0 Å². The Labute approximate surface area is 167 Å². The molecule has 2 aliphatic heterocycles. The van der Waals surface area contributed by atoms with Crippen molar-refractivity contribution in [2.75, 3.05) is 62.3 Å². The van der Waals surface area contributed by atoms with E-state index in [1.165, 1.54) is 4.31 Å². The first-order valence-corrected chi connectivity index (χ1v) is 10.8. The van der Waals surface area contributed by atoms with Crippen molar-refractivity contribution in [3.05, 3.63) is 42.0 Å². The first-order valence-electron chi connectivity index (χ1n) is 9.32. The van der Waals surface area contributed by atoms with Crippen LogP contribution >= 0.6 is 0 Å². The molecule has 0 amide bonds. The highest BCUT2D eigenvalue weighted by Crippen LogP contribution is 2.22. The Balaban J connectivity index is 1.40. The van der Waals surface area contributed by atoms with Crippen LogP contribution in [-0.4, -0.2) is 75.4 Å². The molecule has 8 nitrogen and oxygen atoms in total. The number of nitrogens with zero attached hydrogens (tertiary/aromatic N) is 5. The minimum Gasteiger partial charge on any atom is -0.378 e. The van der Waals surface area contributed by atoms with E-state index in [1.807, 2.05) is 17.0 Å². The molecule has 0 unspecified atom stereocenters. The zero-order chi connectivity index (χ0) is 20.4. The van der Waals surface area contributed by atoms with Crippen LogP contribution in [0.1, 0.15) is 0 Å². The average molecular weight is 425 g/mol. The topological polar surface area (TPSA) is 78.9 Å². The number of hydrogen-bond donors (Lipinski definition) is 0. The van der Waals surface area contributed by atoms with E-state index in [-0.39, 0.29) is 18.0 Å². The molecule has 0 spiro atoms. The maximum atomic E-state index is 13.4. The van der Waals surface area contributed by atoms with Gasteiger partial charge in [-0.1, -0.05) is 0 Å². The smallest absolute Gasteiger partial charge is 0.243 e. The van der Waals surface area contributed by atoms with E-state index < -0.39 is 21.7 Å². The normalized spacial score (nSPS) is 18.8. The lowest BCUT2D eigenvalue weighted by Gasteiger charge is -2.34. The average Bonchev–Trinajstić information content (AvgIpc) is 2.76. The van der Waals surface area contributed by atoms with Crippen molar-refractivity contribution in [3.63, 3.8) is 0 Å². The van der Waals surface area contributed by atoms with E-state index in [2.05, 4.69) is 15.1 Å². The quantitative estimate of drug-likeness (QED) is 0.726. The lowest BCUT2D eigenvalue weighted by Crippen LogP contribution is -2.49. The molecule has 0 N–H and O–H groups in total. The number of piperazine rings is 1. The predicted molar refractivity (Wildman–Crippen MR) is 102 cm³/mol. The van der Waals surface area contributed by atoms with Gasteiger partial charge in [-0.2, -0.15) is 4.31 Å². The number of sulfonamides is 1. The Bertz CT molecular complexity index is 960. The van der Waals surface area contributed by atoms with Gasteiger partial charge in [-0.05, 0) is 30.3 Å². The molecule has 1 aromatic heterocycles. The zero-order valence-electron chi connectivity index (χ0n) is 15.7. The van der Waals surface area contributed by atoms with Gasteiger partial charge in [0.25, 0.3) is 0 Å². The highest BCUT2D eigenvalue weighted by molar-refractivity contribution is 7.89. The molecule has 2 fully saturated rings. The van der Waals surface area contributed by atoms with E-state index >= 15 is 0 Å². The van der Waals surface area contributed by atoms with Crippen LogP contribution in [0.25, 0.3) is 0 Å². The summed E-state index contributed by atoms with van der Waals surface area (Å²) < 4.78 is 58.5. The molecular formula is C18H21F2N5O3S. The lowest BCUT2D eigenvalue weighted by atomic mass is 10.3. The van der Waals surface area contributed by atoms with Gasteiger partial charge in [-0.3, -0.25) is 0 Å². The molecule has 0 bridgehead atoms. The Morgan fingerprint density at radius 2 is 1.38 bits per heavy atom. The van der Waals surface area contributed by atoms with E-state index in [0.29, 0.717) is 38.2 Å². The molecule has 156 valence electrons. The molecule has 2 aliphatic rings. The highest BCUT2D eigenvalue weighted by atomic mass is 32.2. The van der Waals surface area contributed by atoms with Gasteiger partial charge < -0.3 is 14.5 Å². The molecule has 1 aromatic carbocycles. The summed E-state index contributed by atoms with van der Waals surface area (Å²) >= 11 is 0. The van der Waals surface area contributed by atoms with Crippen LogP contribution in [0.5, 0.6) is 0 Å².